The first-order valence-corrected chi connectivity index (χ1v) is 8.00. The Morgan fingerprint density at radius 2 is 0.708 bits per heavy atom. The Morgan fingerprint density at radius 1 is 0.458 bits per heavy atom. The standard InChI is InChI=1S/C20H18B2O2/c1-21-23-19-11-7-17(8-12-19)15-3-5-16(6-4-15)18-9-13-20(14-10-18)24-22-2/h3-14H,1-2H3. The molecule has 0 atom stereocenters. The van der Waals surface area contributed by atoms with Crippen molar-refractivity contribution in [2.24, 2.45) is 0 Å². The molecule has 3 rings (SSSR count). The molecule has 0 aliphatic rings. The van der Waals surface area contributed by atoms with Gasteiger partial charge in [-0.05, 0) is 46.5 Å². The lowest BCUT2D eigenvalue weighted by atomic mass is 10.00. The molecule has 24 heavy (non-hydrogen) atoms. The Morgan fingerprint density at radius 3 is 0.958 bits per heavy atom. The molecule has 2 radical (unpaired) electrons. The topological polar surface area (TPSA) is 18.5 Å². The van der Waals surface area contributed by atoms with E-state index in [0.717, 1.165) is 11.5 Å². The van der Waals surface area contributed by atoms with E-state index in [-0.39, 0.29) is 0 Å². The van der Waals surface area contributed by atoms with Gasteiger partial charge in [-0.3, -0.25) is 0 Å². The number of benzene rings is 3. The maximum atomic E-state index is 5.36. The minimum Gasteiger partial charge on any atom is -0.564 e. The van der Waals surface area contributed by atoms with E-state index in [1.807, 2.05) is 37.9 Å². The first-order valence-electron chi connectivity index (χ1n) is 8.00. The molecule has 0 spiro atoms. The molecule has 0 fully saturated rings. The maximum Gasteiger partial charge on any atom is 0.366 e. The molecule has 0 aliphatic carbocycles. The third-order valence-electron chi connectivity index (χ3n) is 3.77. The van der Waals surface area contributed by atoms with Gasteiger partial charge in [0.1, 0.15) is 0 Å². The van der Waals surface area contributed by atoms with Crippen molar-refractivity contribution in [2.45, 2.75) is 13.6 Å². The molecule has 3 aromatic carbocycles. The average Bonchev–Trinajstić information content (AvgIpc) is 2.64. The highest BCUT2D eigenvalue weighted by Crippen LogP contribution is 2.27. The van der Waals surface area contributed by atoms with Gasteiger partial charge in [-0.15, -0.1) is 0 Å². The predicted octanol–water partition coefficient (Wildman–Crippen LogP) is 5.11. The summed E-state index contributed by atoms with van der Waals surface area (Å²) in [5, 5.41) is 0. The lowest BCUT2D eigenvalue weighted by Crippen LogP contribution is -1.95. The van der Waals surface area contributed by atoms with E-state index in [1.165, 1.54) is 22.3 Å². The zero-order chi connectivity index (χ0) is 16.8. The van der Waals surface area contributed by atoms with Crippen molar-refractivity contribution in [3.05, 3.63) is 72.8 Å². The zero-order valence-corrected chi connectivity index (χ0v) is 13.9. The van der Waals surface area contributed by atoms with E-state index in [9.17, 15) is 0 Å². The second-order valence-corrected chi connectivity index (χ2v) is 5.33. The van der Waals surface area contributed by atoms with Crippen LogP contribution in [0.25, 0.3) is 22.3 Å². The van der Waals surface area contributed by atoms with Crippen molar-refractivity contribution in [2.75, 3.05) is 0 Å². The quantitative estimate of drug-likeness (QED) is 0.589. The van der Waals surface area contributed by atoms with Gasteiger partial charge in [0.05, 0.1) is 11.5 Å². The molecular weight excluding hydrogens is 294 g/mol. The Labute approximate surface area is 145 Å². The van der Waals surface area contributed by atoms with Crippen molar-refractivity contribution in [3.63, 3.8) is 0 Å². The van der Waals surface area contributed by atoms with Crippen LogP contribution in [0.5, 0.6) is 11.5 Å². The number of rotatable bonds is 6. The molecule has 0 saturated heterocycles. The molecule has 0 amide bonds. The third kappa shape index (κ3) is 3.83. The minimum atomic E-state index is 0.851. The van der Waals surface area contributed by atoms with Crippen LogP contribution in [0, 0.1) is 0 Å². The molecule has 0 heterocycles. The number of hydrogen-bond acceptors (Lipinski definition) is 2. The van der Waals surface area contributed by atoms with Crippen LogP contribution in [0.4, 0.5) is 0 Å². The van der Waals surface area contributed by atoms with Crippen molar-refractivity contribution in [1.82, 2.24) is 0 Å². The zero-order valence-electron chi connectivity index (χ0n) is 13.9. The van der Waals surface area contributed by atoms with Gasteiger partial charge in [-0.25, -0.2) is 0 Å². The van der Waals surface area contributed by atoms with Crippen LogP contribution < -0.4 is 9.31 Å². The second-order valence-electron chi connectivity index (χ2n) is 5.33. The molecular formula is C20H18B2O2. The fraction of sp³-hybridized carbons (Fsp3) is 0.100. The molecule has 116 valence electrons. The molecule has 0 unspecified atom stereocenters. The highest BCUT2D eigenvalue weighted by molar-refractivity contribution is 6.26. The molecule has 0 bridgehead atoms. The van der Waals surface area contributed by atoms with E-state index < -0.39 is 0 Å². The Balaban J connectivity index is 1.77. The van der Waals surface area contributed by atoms with Crippen LogP contribution >= 0.6 is 0 Å². The Kier molecular flexibility index (Phi) is 5.27. The maximum absolute atomic E-state index is 5.36. The summed E-state index contributed by atoms with van der Waals surface area (Å²) < 4.78 is 10.7. The molecule has 2 nitrogen and oxygen atoms in total. The van der Waals surface area contributed by atoms with Gasteiger partial charge in [-0.1, -0.05) is 62.2 Å². The van der Waals surface area contributed by atoms with Gasteiger partial charge in [-0.2, -0.15) is 0 Å². The molecule has 0 saturated carbocycles. The summed E-state index contributed by atoms with van der Waals surface area (Å²) in [6.45, 7) is 3.73. The average molecular weight is 312 g/mol. The van der Waals surface area contributed by atoms with E-state index in [2.05, 4.69) is 48.5 Å². The monoisotopic (exact) mass is 312 g/mol. The van der Waals surface area contributed by atoms with Gasteiger partial charge in [0, 0.05) is 0 Å². The summed E-state index contributed by atoms with van der Waals surface area (Å²) in [6.07, 6.45) is 0. The summed E-state index contributed by atoms with van der Waals surface area (Å²) in [5.74, 6) is 1.70. The molecule has 0 N–H and O–H groups in total. The van der Waals surface area contributed by atoms with Crippen molar-refractivity contribution >= 4 is 15.0 Å². The van der Waals surface area contributed by atoms with Crippen LogP contribution in [0.3, 0.4) is 0 Å². The summed E-state index contributed by atoms with van der Waals surface area (Å²) in [6, 6.07) is 24.8. The SMILES string of the molecule is C[B]Oc1ccc(-c2ccc(-c3ccc(O[B]C)cc3)cc2)cc1. The highest BCUT2D eigenvalue weighted by Gasteiger charge is 2.02. The summed E-state index contributed by atoms with van der Waals surface area (Å²) in [5.41, 5.74) is 4.72. The fourth-order valence-corrected chi connectivity index (χ4v) is 2.58. The smallest absolute Gasteiger partial charge is 0.366 e. The highest BCUT2D eigenvalue weighted by atomic mass is 16.4. The summed E-state index contributed by atoms with van der Waals surface area (Å²) in [4.78, 5) is 0. The molecule has 0 aliphatic heterocycles. The van der Waals surface area contributed by atoms with Crippen LogP contribution in [0.2, 0.25) is 13.6 Å². The lowest BCUT2D eigenvalue weighted by Gasteiger charge is -2.08. The molecule has 3 aromatic rings. The summed E-state index contributed by atoms with van der Waals surface area (Å²) >= 11 is 0. The third-order valence-corrected chi connectivity index (χ3v) is 3.77. The van der Waals surface area contributed by atoms with Crippen molar-refractivity contribution in [3.8, 4) is 33.8 Å². The van der Waals surface area contributed by atoms with E-state index >= 15 is 0 Å². The minimum absolute atomic E-state index is 0.851. The largest absolute Gasteiger partial charge is 0.564 e. The van der Waals surface area contributed by atoms with Gasteiger partial charge in [0.25, 0.3) is 0 Å². The van der Waals surface area contributed by atoms with Gasteiger partial charge in [0.15, 0.2) is 0 Å². The van der Waals surface area contributed by atoms with Crippen molar-refractivity contribution in [1.29, 1.82) is 0 Å². The number of hydrogen-bond donors (Lipinski definition) is 0. The van der Waals surface area contributed by atoms with E-state index in [0.29, 0.717) is 0 Å². The normalized spacial score (nSPS) is 10.1. The van der Waals surface area contributed by atoms with Crippen LogP contribution in [-0.2, 0) is 0 Å². The summed E-state index contributed by atoms with van der Waals surface area (Å²) in [7, 11) is 3.36. The molecule has 0 aromatic heterocycles. The Bertz CT molecular complexity index is 698. The Hall–Kier alpha value is -2.61. The fourth-order valence-electron chi connectivity index (χ4n) is 2.58. The van der Waals surface area contributed by atoms with Gasteiger partial charge < -0.3 is 9.31 Å². The first kappa shape index (κ1) is 16.3. The second kappa shape index (κ2) is 7.78. The van der Waals surface area contributed by atoms with E-state index in [1.54, 1.807) is 15.0 Å². The van der Waals surface area contributed by atoms with Crippen LogP contribution in [0.1, 0.15) is 0 Å². The van der Waals surface area contributed by atoms with Gasteiger partial charge in [0.2, 0.25) is 0 Å². The van der Waals surface area contributed by atoms with E-state index in [4.69, 9.17) is 9.31 Å². The lowest BCUT2D eigenvalue weighted by molar-refractivity contribution is 0.600. The predicted molar refractivity (Wildman–Crippen MR) is 102 cm³/mol. The van der Waals surface area contributed by atoms with Crippen molar-refractivity contribution < 1.29 is 9.31 Å². The molecule has 4 heteroatoms. The van der Waals surface area contributed by atoms with Gasteiger partial charge >= 0.3 is 15.0 Å². The first-order chi connectivity index (χ1) is 11.8. The van der Waals surface area contributed by atoms with Crippen LogP contribution in [0.15, 0.2) is 72.8 Å². The van der Waals surface area contributed by atoms with Crippen LogP contribution in [-0.4, -0.2) is 15.0 Å².